The molecule has 22 heavy (non-hydrogen) atoms. The van der Waals surface area contributed by atoms with Gasteiger partial charge in [0.15, 0.2) is 12.2 Å². The first-order valence-corrected chi connectivity index (χ1v) is 7.59. The van der Waals surface area contributed by atoms with E-state index in [9.17, 15) is 9.59 Å². The van der Waals surface area contributed by atoms with Gasteiger partial charge in [0, 0.05) is 25.3 Å². The van der Waals surface area contributed by atoms with E-state index in [-0.39, 0.29) is 11.8 Å². The zero-order valence-electron chi connectivity index (χ0n) is 12.3. The number of amides is 2. The monoisotopic (exact) mass is 306 g/mol. The summed E-state index contributed by atoms with van der Waals surface area (Å²) in [7, 11) is 0. The van der Waals surface area contributed by atoms with Crippen molar-refractivity contribution in [2.45, 2.75) is 37.9 Å². The number of H-pyrrole nitrogens is 1. The Kier molecular flexibility index (Phi) is 4.65. The SMILES string of the molecule is O=C(Nc1cccc(NC(=O)C2CCCO2)[nH+]1)C1CCCO1. The van der Waals surface area contributed by atoms with E-state index >= 15 is 0 Å². The first-order chi connectivity index (χ1) is 10.7. The molecule has 118 valence electrons. The highest BCUT2D eigenvalue weighted by Gasteiger charge is 2.28. The van der Waals surface area contributed by atoms with E-state index in [1.807, 2.05) is 0 Å². The van der Waals surface area contributed by atoms with Gasteiger partial charge in [0.2, 0.25) is 11.6 Å². The fourth-order valence-electron chi connectivity index (χ4n) is 2.61. The van der Waals surface area contributed by atoms with Crippen LogP contribution in [0, 0.1) is 0 Å². The number of rotatable bonds is 4. The van der Waals surface area contributed by atoms with E-state index in [0.717, 1.165) is 25.7 Å². The zero-order valence-corrected chi connectivity index (χ0v) is 12.3. The van der Waals surface area contributed by atoms with Crippen LogP contribution in [0.4, 0.5) is 11.6 Å². The van der Waals surface area contributed by atoms with Crippen LogP contribution in [0.3, 0.4) is 0 Å². The maximum Gasteiger partial charge on any atom is 0.309 e. The van der Waals surface area contributed by atoms with Crippen molar-refractivity contribution in [3.05, 3.63) is 18.2 Å². The lowest BCUT2D eigenvalue weighted by atomic mass is 10.2. The van der Waals surface area contributed by atoms with Crippen molar-refractivity contribution in [1.82, 2.24) is 0 Å². The predicted molar refractivity (Wildman–Crippen MR) is 78.2 cm³/mol. The maximum absolute atomic E-state index is 12.0. The minimum absolute atomic E-state index is 0.170. The van der Waals surface area contributed by atoms with Gasteiger partial charge < -0.3 is 9.47 Å². The molecule has 0 saturated carbocycles. The Balaban J connectivity index is 1.59. The summed E-state index contributed by atoms with van der Waals surface area (Å²) in [5, 5.41) is 5.53. The maximum atomic E-state index is 12.0. The minimum atomic E-state index is -0.390. The van der Waals surface area contributed by atoms with Crippen LogP contribution in [0.5, 0.6) is 0 Å². The van der Waals surface area contributed by atoms with E-state index in [4.69, 9.17) is 9.47 Å². The van der Waals surface area contributed by atoms with Crippen molar-refractivity contribution in [3.63, 3.8) is 0 Å². The molecule has 3 rings (SSSR count). The fourth-order valence-corrected chi connectivity index (χ4v) is 2.61. The molecule has 7 heteroatoms. The summed E-state index contributed by atoms with van der Waals surface area (Å²) in [6, 6.07) is 5.22. The average molecular weight is 306 g/mol. The highest BCUT2D eigenvalue weighted by molar-refractivity contribution is 5.94. The number of nitrogens with one attached hydrogen (secondary N) is 3. The summed E-state index contributed by atoms with van der Waals surface area (Å²) < 4.78 is 10.7. The van der Waals surface area contributed by atoms with Crippen LogP contribution < -0.4 is 15.6 Å². The molecule has 2 aliphatic heterocycles. The molecule has 2 unspecified atom stereocenters. The summed E-state index contributed by atoms with van der Waals surface area (Å²) in [6.07, 6.45) is 2.50. The van der Waals surface area contributed by atoms with E-state index in [0.29, 0.717) is 24.8 Å². The second-order valence-electron chi connectivity index (χ2n) is 5.46. The van der Waals surface area contributed by atoms with Crippen molar-refractivity contribution >= 4 is 23.5 Å². The second-order valence-corrected chi connectivity index (χ2v) is 5.46. The molecule has 2 saturated heterocycles. The molecule has 2 aliphatic rings. The van der Waals surface area contributed by atoms with Crippen molar-refractivity contribution in [3.8, 4) is 0 Å². The number of hydrogen-bond donors (Lipinski definition) is 2. The third kappa shape index (κ3) is 3.61. The molecule has 1 aromatic heterocycles. The van der Waals surface area contributed by atoms with Gasteiger partial charge in [-0.25, -0.2) is 15.6 Å². The molecule has 0 bridgehead atoms. The quantitative estimate of drug-likeness (QED) is 0.858. The van der Waals surface area contributed by atoms with Gasteiger partial charge in [-0.15, -0.1) is 0 Å². The number of pyridine rings is 1. The first-order valence-electron chi connectivity index (χ1n) is 7.59. The van der Waals surface area contributed by atoms with E-state index in [1.165, 1.54) is 0 Å². The Hall–Kier alpha value is -1.99. The van der Waals surface area contributed by atoms with Gasteiger partial charge in [0.1, 0.15) is 0 Å². The average Bonchev–Trinajstić information content (AvgIpc) is 3.21. The second kappa shape index (κ2) is 6.85. The number of ether oxygens (including phenoxy) is 2. The minimum Gasteiger partial charge on any atom is -0.367 e. The standard InChI is InChI=1S/C15H19N3O4/c19-14(10-4-2-8-21-10)17-12-6-1-7-13(16-12)18-15(20)11-5-3-9-22-11/h1,6-7,10-11H,2-5,8-9H2,(H2,16,17,18,19,20)/p+1. The van der Waals surface area contributed by atoms with Crippen LogP contribution in [0.2, 0.25) is 0 Å². The first kappa shape index (κ1) is 14.9. The lowest BCUT2D eigenvalue weighted by molar-refractivity contribution is -0.343. The molecule has 3 N–H and O–H groups in total. The number of aromatic amines is 1. The normalized spacial score (nSPS) is 24.2. The van der Waals surface area contributed by atoms with E-state index < -0.39 is 12.2 Å². The molecular weight excluding hydrogens is 286 g/mol. The molecule has 3 heterocycles. The molecular formula is C15H20N3O4+. The van der Waals surface area contributed by atoms with Crippen LogP contribution in [-0.4, -0.2) is 37.2 Å². The Bertz CT molecular complexity index is 506. The number of carbonyl (C=O) groups is 2. The topological polar surface area (TPSA) is 90.8 Å². The molecule has 2 amide bonds. The van der Waals surface area contributed by atoms with Crippen LogP contribution in [0.1, 0.15) is 25.7 Å². The van der Waals surface area contributed by atoms with Crippen LogP contribution >= 0.6 is 0 Å². The number of carbonyl (C=O) groups excluding carboxylic acids is 2. The number of aromatic nitrogens is 1. The van der Waals surface area contributed by atoms with Crippen molar-refractivity contribution in [2.24, 2.45) is 0 Å². The summed E-state index contributed by atoms with van der Waals surface area (Å²) in [6.45, 7) is 1.25. The molecule has 2 atom stereocenters. The van der Waals surface area contributed by atoms with Gasteiger partial charge in [-0.05, 0) is 31.7 Å². The molecule has 1 aromatic rings. The van der Waals surface area contributed by atoms with Gasteiger partial charge in [0.25, 0.3) is 0 Å². The van der Waals surface area contributed by atoms with Gasteiger partial charge in [0.05, 0.1) is 0 Å². The van der Waals surface area contributed by atoms with Crippen LogP contribution in [0.25, 0.3) is 0 Å². The zero-order chi connectivity index (χ0) is 15.4. The van der Waals surface area contributed by atoms with Crippen molar-refractivity contribution < 1.29 is 24.0 Å². The van der Waals surface area contributed by atoms with Crippen molar-refractivity contribution in [1.29, 1.82) is 0 Å². The highest BCUT2D eigenvalue weighted by Crippen LogP contribution is 2.15. The van der Waals surface area contributed by atoms with Crippen molar-refractivity contribution in [2.75, 3.05) is 23.8 Å². The third-order valence-electron chi connectivity index (χ3n) is 3.76. The summed E-state index contributed by atoms with van der Waals surface area (Å²) in [4.78, 5) is 27.0. The van der Waals surface area contributed by atoms with E-state index in [1.54, 1.807) is 18.2 Å². The van der Waals surface area contributed by atoms with Gasteiger partial charge >= 0.3 is 11.8 Å². The Labute approximate surface area is 128 Å². The molecule has 2 fully saturated rings. The Morgan fingerprint density at radius 2 is 1.45 bits per heavy atom. The van der Waals surface area contributed by atoms with E-state index in [2.05, 4.69) is 15.6 Å². The number of anilines is 2. The lowest BCUT2D eigenvalue weighted by Gasteiger charge is -2.08. The fraction of sp³-hybridized carbons (Fsp3) is 0.533. The smallest absolute Gasteiger partial charge is 0.309 e. The van der Waals surface area contributed by atoms with Gasteiger partial charge in [-0.3, -0.25) is 9.59 Å². The third-order valence-corrected chi connectivity index (χ3v) is 3.76. The van der Waals surface area contributed by atoms with Gasteiger partial charge in [-0.1, -0.05) is 0 Å². The molecule has 0 radical (unpaired) electrons. The largest absolute Gasteiger partial charge is 0.367 e. The lowest BCUT2D eigenvalue weighted by Crippen LogP contribution is -2.32. The highest BCUT2D eigenvalue weighted by atomic mass is 16.5. The van der Waals surface area contributed by atoms with Crippen LogP contribution in [-0.2, 0) is 19.1 Å². The molecule has 7 nitrogen and oxygen atoms in total. The molecule has 0 aliphatic carbocycles. The van der Waals surface area contributed by atoms with Gasteiger partial charge in [-0.2, -0.15) is 0 Å². The Morgan fingerprint density at radius 1 is 0.955 bits per heavy atom. The number of hydrogen-bond acceptors (Lipinski definition) is 4. The summed E-state index contributed by atoms with van der Waals surface area (Å²) in [5.74, 6) is 0.698. The van der Waals surface area contributed by atoms with Crippen LogP contribution in [0.15, 0.2) is 18.2 Å². The Morgan fingerprint density at radius 3 is 1.86 bits per heavy atom. The summed E-state index contributed by atoms with van der Waals surface area (Å²) >= 11 is 0. The molecule has 0 aromatic carbocycles. The molecule has 0 spiro atoms. The predicted octanol–water partition coefficient (Wildman–Crippen LogP) is 0.736. The summed E-state index contributed by atoms with van der Waals surface area (Å²) in [5.41, 5.74) is 0.